The van der Waals surface area contributed by atoms with E-state index in [4.69, 9.17) is 14.2 Å². The Labute approximate surface area is 144 Å². The SMILES string of the molecule is CCCOC(C)(C(=O)Nc1ccc(OCCOCC)cc1)C1CC1. The molecule has 0 saturated heterocycles. The van der Waals surface area contributed by atoms with Gasteiger partial charge in [0.15, 0.2) is 0 Å². The highest BCUT2D eigenvalue weighted by atomic mass is 16.5. The van der Waals surface area contributed by atoms with E-state index >= 15 is 0 Å². The van der Waals surface area contributed by atoms with E-state index in [1.807, 2.05) is 38.1 Å². The molecule has 1 aromatic carbocycles. The van der Waals surface area contributed by atoms with Crippen LogP contribution in [0.1, 0.15) is 40.0 Å². The third-order valence-electron chi connectivity index (χ3n) is 4.23. The number of benzene rings is 1. The lowest BCUT2D eigenvalue weighted by molar-refractivity contribution is -0.142. The Morgan fingerprint density at radius 3 is 2.46 bits per heavy atom. The van der Waals surface area contributed by atoms with E-state index in [1.54, 1.807) is 0 Å². The van der Waals surface area contributed by atoms with Gasteiger partial charge in [0.1, 0.15) is 18.0 Å². The van der Waals surface area contributed by atoms with Crippen molar-refractivity contribution in [1.29, 1.82) is 0 Å². The van der Waals surface area contributed by atoms with E-state index in [1.165, 1.54) is 0 Å². The van der Waals surface area contributed by atoms with E-state index in [0.717, 1.165) is 30.7 Å². The summed E-state index contributed by atoms with van der Waals surface area (Å²) in [5.41, 5.74) is 0.0204. The molecule has 0 spiro atoms. The van der Waals surface area contributed by atoms with Crippen LogP contribution < -0.4 is 10.1 Å². The lowest BCUT2D eigenvalue weighted by Crippen LogP contribution is -2.45. The quantitative estimate of drug-likeness (QED) is 0.627. The van der Waals surface area contributed by atoms with Gasteiger partial charge in [-0.15, -0.1) is 0 Å². The standard InChI is InChI=1S/C19H29NO4/c1-4-12-24-19(3,15-6-7-15)18(21)20-16-8-10-17(11-9-16)23-14-13-22-5-2/h8-11,15H,4-7,12-14H2,1-3H3,(H,20,21). The van der Waals surface area contributed by atoms with E-state index in [2.05, 4.69) is 12.2 Å². The Kier molecular flexibility index (Phi) is 7.06. The first-order valence-corrected chi connectivity index (χ1v) is 8.86. The Hall–Kier alpha value is -1.59. The average molecular weight is 335 g/mol. The molecule has 0 bridgehead atoms. The molecular weight excluding hydrogens is 306 g/mol. The fourth-order valence-electron chi connectivity index (χ4n) is 2.57. The predicted octanol–water partition coefficient (Wildman–Crippen LogP) is 3.64. The van der Waals surface area contributed by atoms with E-state index in [0.29, 0.717) is 32.3 Å². The average Bonchev–Trinajstić information content (AvgIpc) is 3.43. The van der Waals surface area contributed by atoms with Crippen molar-refractivity contribution in [1.82, 2.24) is 0 Å². The monoisotopic (exact) mass is 335 g/mol. The van der Waals surface area contributed by atoms with Gasteiger partial charge in [0, 0.05) is 18.9 Å². The number of hydrogen-bond donors (Lipinski definition) is 1. The first-order valence-electron chi connectivity index (χ1n) is 8.86. The minimum atomic E-state index is -0.733. The molecule has 1 fully saturated rings. The van der Waals surface area contributed by atoms with Crippen LogP contribution in [0.4, 0.5) is 5.69 Å². The third-order valence-corrected chi connectivity index (χ3v) is 4.23. The fraction of sp³-hybridized carbons (Fsp3) is 0.632. The molecular formula is C19H29NO4. The smallest absolute Gasteiger partial charge is 0.256 e. The fourth-order valence-corrected chi connectivity index (χ4v) is 2.57. The maximum absolute atomic E-state index is 12.7. The van der Waals surface area contributed by atoms with Crippen LogP contribution in [0, 0.1) is 5.92 Å². The highest BCUT2D eigenvalue weighted by molar-refractivity contribution is 5.97. The summed E-state index contributed by atoms with van der Waals surface area (Å²) in [5.74, 6) is 1.02. The van der Waals surface area contributed by atoms with Gasteiger partial charge in [0.05, 0.1) is 6.61 Å². The molecule has 5 heteroatoms. The van der Waals surface area contributed by atoms with Gasteiger partial charge >= 0.3 is 0 Å². The first kappa shape index (κ1) is 18.7. The van der Waals surface area contributed by atoms with Crippen LogP contribution in [0.3, 0.4) is 0 Å². The number of carbonyl (C=O) groups is 1. The van der Waals surface area contributed by atoms with Crippen LogP contribution in [-0.4, -0.2) is 37.9 Å². The summed E-state index contributed by atoms with van der Waals surface area (Å²) in [6, 6.07) is 7.40. The van der Waals surface area contributed by atoms with Crippen LogP contribution >= 0.6 is 0 Å². The highest BCUT2D eigenvalue weighted by Crippen LogP contribution is 2.42. The molecule has 1 aliphatic carbocycles. The second kappa shape index (κ2) is 9.04. The second-order valence-electron chi connectivity index (χ2n) is 6.25. The maximum atomic E-state index is 12.7. The highest BCUT2D eigenvalue weighted by Gasteiger charge is 2.48. The van der Waals surface area contributed by atoms with Gasteiger partial charge in [-0.05, 0) is 63.3 Å². The number of amides is 1. The van der Waals surface area contributed by atoms with Gasteiger partial charge in [-0.25, -0.2) is 0 Å². The van der Waals surface area contributed by atoms with Gasteiger partial charge in [-0.1, -0.05) is 6.92 Å². The number of nitrogens with one attached hydrogen (secondary N) is 1. The van der Waals surface area contributed by atoms with Crippen molar-refractivity contribution in [2.45, 2.75) is 45.6 Å². The van der Waals surface area contributed by atoms with Gasteiger partial charge in [0.25, 0.3) is 5.91 Å². The van der Waals surface area contributed by atoms with Crippen molar-refractivity contribution in [2.75, 3.05) is 31.7 Å². The largest absolute Gasteiger partial charge is 0.491 e. The molecule has 1 saturated carbocycles. The van der Waals surface area contributed by atoms with Crippen molar-refractivity contribution in [2.24, 2.45) is 5.92 Å². The van der Waals surface area contributed by atoms with Crippen LogP contribution in [0.5, 0.6) is 5.75 Å². The summed E-state index contributed by atoms with van der Waals surface area (Å²) < 4.78 is 16.7. The zero-order chi connectivity index (χ0) is 17.4. The number of rotatable bonds is 11. The summed E-state index contributed by atoms with van der Waals surface area (Å²) in [4.78, 5) is 12.7. The Bertz CT molecular complexity index is 513. The Morgan fingerprint density at radius 2 is 1.88 bits per heavy atom. The molecule has 0 radical (unpaired) electrons. The van der Waals surface area contributed by atoms with Crippen LogP contribution in [-0.2, 0) is 14.3 Å². The number of ether oxygens (including phenoxy) is 3. The second-order valence-corrected chi connectivity index (χ2v) is 6.25. The lowest BCUT2D eigenvalue weighted by atomic mass is 9.98. The van der Waals surface area contributed by atoms with Crippen LogP contribution in [0.15, 0.2) is 24.3 Å². The Morgan fingerprint density at radius 1 is 1.17 bits per heavy atom. The van der Waals surface area contributed by atoms with E-state index in [9.17, 15) is 4.79 Å². The number of carbonyl (C=O) groups excluding carboxylic acids is 1. The molecule has 0 heterocycles. The molecule has 5 nitrogen and oxygen atoms in total. The number of anilines is 1. The molecule has 2 rings (SSSR count). The summed E-state index contributed by atoms with van der Waals surface area (Å²) in [7, 11) is 0. The van der Waals surface area contributed by atoms with Gasteiger partial charge in [-0.2, -0.15) is 0 Å². The minimum absolute atomic E-state index is 0.0662. The van der Waals surface area contributed by atoms with Crippen LogP contribution in [0.25, 0.3) is 0 Å². The zero-order valence-corrected chi connectivity index (χ0v) is 15.0. The molecule has 1 N–H and O–H groups in total. The lowest BCUT2D eigenvalue weighted by Gasteiger charge is -2.28. The molecule has 0 aliphatic heterocycles. The van der Waals surface area contributed by atoms with Gasteiger partial charge in [0.2, 0.25) is 0 Å². The van der Waals surface area contributed by atoms with Crippen molar-refractivity contribution >= 4 is 11.6 Å². The summed E-state index contributed by atoms with van der Waals surface area (Å²) in [6.45, 7) is 8.29. The number of hydrogen-bond acceptors (Lipinski definition) is 4. The van der Waals surface area contributed by atoms with E-state index < -0.39 is 5.60 Å². The normalized spacial score (nSPS) is 16.5. The molecule has 24 heavy (non-hydrogen) atoms. The third kappa shape index (κ3) is 5.21. The van der Waals surface area contributed by atoms with Crippen molar-refractivity contribution in [3.63, 3.8) is 0 Å². The maximum Gasteiger partial charge on any atom is 0.256 e. The topological polar surface area (TPSA) is 56.8 Å². The van der Waals surface area contributed by atoms with Crippen molar-refractivity contribution < 1.29 is 19.0 Å². The predicted molar refractivity (Wildman–Crippen MR) is 94.4 cm³/mol. The Balaban J connectivity index is 1.88. The summed E-state index contributed by atoms with van der Waals surface area (Å²) in [5, 5.41) is 2.97. The molecule has 0 aromatic heterocycles. The first-order chi connectivity index (χ1) is 11.6. The minimum Gasteiger partial charge on any atom is -0.491 e. The molecule has 1 amide bonds. The molecule has 1 unspecified atom stereocenters. The molecule has 134 valence electrons. The molecule has 1 aliphatic rings. The van der Waals surface area contributed by atoms with Crippen molar-refractivity contribution in [3.05, 3.63) is 24.3 Å². The van der Waals surface area contributed by atoms with Gasteiger partial charge in [-0.3, -0.25) is 4.79 Å². The molecule has 1 atom stereocenters. The molecule has 1 aromatic rings. The van der Waals surface area contributed by atoms with Gasteiger partial charge < -0.3 is 19.5 Å². The van der Waals surface area contributed by atoms with E-state index in [-0.39, 0.29) is 5.91 Å². The summed E-state index contributed by atoms with van der Waals surface area (Å²) >= 11 is 0. The summed E-state index contributed by atoms with van der Waals surface area (Å²) in [6.07, 6.45) is 3.02. The van der Waals surface area contributed by atoms with Crippen LogP contribution in [0.2, 0.25) is 0 Å². The van der Waals surface area contributed by atoms with Crippen molar-refractivity contribution in [3.8, 4) is 5.75 Å². The zero-order valence-electron chi connectivity index (χ0n) is 15.0.